The van der Waals surface area contributed by atoms with E-state index in [0.29, 0.717) is 16.7 Å². The first-order valence-electron chi connectivity index (χ1n) is 6.03. The first-order valence-corrected chi connectivity index (χ1v) is 7.77. The summed E-state index contributed by atoms with van der Waals surface area (Å²) in [6, 6.07) is 5.08. The van der Waals surface area contributed by atoms with Gasteiger partial charge in [-0.3, -0.25) is 9.59 Å². The largest absolute Gasteiger partial charge is 0.466 e. The van der Waals surface area contributed by atoms with Crippen LogP contribution >= 0.6 is 35.0 Å². The van der Waals surface area contributed by atoms with Crippen molar-refractivity contribution in [1.29, 1.82) is 0 Å². The summed E-state index contributed by atoms with van der Waals surface area (Å²) < 4.78 is 4.75. The van der Waals surface area contributed by atoms with Crippen molar-refractivity contribution in [2.45, 2.75) is 18.2 Å². The fourth-order valence-corrected chi connectivity index (χ4v) is 2.64. The Bertz CT molecular complexity index is 483. The van der Waals surface area contributed by atoms with E-state index in [1.807, 2.05) is 0 Å². The van der Waals surface area contributed by atoms with Crippen LogP contribution in [-0.2, 0) is 14.3 Å². The van der Waals surface area contributed by atoms with Crippen LogP contribution in [0, 0.1) is 0 Å². The van der Waals surface area contributed by atoms with Gasteiger partial charge in [0.25, 0.3) is 0 Å². The van der Waals surface area contributed by atoms with Gasteiger partial charge in [0.1, 0.15) is 0 Å². The highest BCUT2D eigenvalue weighted by atomic mass is 35.5. The van der Waals surface area contributed by atoms with Crippen molar-refractivity contribution in [3.63, 3.8) is 0 Å². The Morgan fingerprint density at radius 2 is 2.10 bits per heavy atom. The normalized spacial score (nSPS) is 10.2. The van der Waals surface area contributed by atoms with Crippen LogP contribution in [0.25, 0.3) is 0 Å². The van der Waals surface area contributed by atoms with Gasteiger partial charge < -0.3 is 10.1 Å². The maximum Gasteiger partial charge on any atom is 0.307 e. The van der Waals surface area contributed by atoms with Gasteiger partial charge in [0.15, 0.2) is 0 Å². The van der Waals surface area contributed by atoms with Gasteiger partial charge >= 0.3 is 5.97 Å². The molecule has 1 amide bonds. The Balaban J connectivity index is 2.29. The van der Waals surface area contributed by atoms with E-state index in [9.17, 15) is 9.59 Å². The standard InChI is InChI=1S/C13H15Cl2NO3S/c1-2-19-13(18)5-6-16-12(17)8-20-11-7-9(14)3-4-10(11)15/h3-4,7H,2,5-6,8H2,1H3,(H,16,17). The van der Waals surface area contributed by atoms with Gasteiger partial charge in [-0.15, -0.1) is 11.8 Å². The molecule has 20 heavy (non-hydrogen) atoms. The second kappa shape index (κ2) is 9.10. The maximum absolute atomic E-state index is 11.6. The molecule has 110 valence electrons. The second-order valence-corrected chi connectivity index (χ2v) is 5.63. The average Bonchev–Trinajstić information content (AvgIpc) is 2.40. The average molecular weight is 336 g/mol. The molecule has 0 fully saturated rings. The van der Waals surface area contributed by atoms with E-state index < -0.39 is 0 Å². The minimum absolute atomic E-state index is 0.169. The van der Waals surface area contributed by atoms with Crippen molar-refractivity contribution in [1.82, 2.24) is 5.32 Å². The maximum atomic E-state index is 11.6. The van der Waals surface area contributed by atoms with Crippen molar-refractivity contribution >= 4 is 46.8 Å². The van der Waals surface area contributed by atoms with E-state index in [1.165, 1.54) is 11.8 Å². The van der Waals surface area contributed by atoms with Crippen LogP contribution in [0.5, 0.6) is 0 Å². The number of carbonyl (C=O) groups excluding carboxylic acids is 2. The highest BCUT2D eigenvalue weighted by Crippen LogP contribution is 2.29. The molecule has 0 unspecified atom stereocenters. The van der Waals surface area contributed by atoms with Crippen LogP contribution in [0.3, 0.4) is 0 Å². The SMILES string of the molecule is CCOC(=O)CCNC(=O)CSc1cc(Cl)ccc1Cl. The van der Waals surface area contributed by atoms with Gasteiger partial charge in [-0.05, 0) is 25.1 Å². The molecule has 0 aliphatic heterocycles. The molecule has 0 heterocycles. The minimum atomic E-state index is -0.321. The lowest BCUT2D eigenvalue weighted by Gasteiger charge is -2.06. The molecule has 0 spiro atoms. The molecule has 0 atom stereocenters. The van der Waals surface area contributed by atoms with Gasteiger partial charge in [0, 0.05) is 16.5 Å². The molecule has 0 saturated carbocycles. The van der Waals surface area contributed by atoms with Crippen molar-refractivity contribution in [3.05, 3.63) is 28.2 Å². The van der Waals surface area contributed by atoms with Gasteiger partial charge in [0.05, 0.1) is 23.8 Å². The van der Waals surface area contributed by atoms with Gasteiger partial charge in [0.2, 0.25) is 5.91 Å². The number of rotatable bonds is 7. The van der Waals surface area contributed by atoms with Crippen LogP contribution in [0.15, 0.2) is 23.1 Å². The number of nitrogens with one attached hydrogen (secondary N) is 1. The number of esters is 1. The highest BCUT2D eigenvalue weighted by Gasteiger charge is 2.07. The molecule has 0 bridgehead atoms. The monoisotopic (exact) mass is 335 g/mol. The second-order valence-electron chi connectivity index (χ2n) is 3.77. The molecule has 4 nitrogen and oxygen atoms in total. The zero-order valence-electron chi connectivity index (χ0n) is 10.9. The fourth-order valence-electron chi connectivity index (χ4n) is 1.32. The van der Waals surface area contributed by atoms with Gasteiger partial charge in [-0.2, -0.15) is 0 Å². The van der Waals surface area contributed by atoms with Crippen LogP contribution < -0.4 is 5.32 Å². The zero-order valence-corrected chi connectivity index (χ0v) is 13.3. The number of ether oxygens (including phenoxy) is 1. The number of amides is 1. The van der Waals surface area contributed by atoms with Gasteiger partial charge in [-0.1, -0.05) is 23.2 Å². The topological polar surface area (TPSA) is 55.4 Å². The van der Waals surface area contributed by atoms with Crippen molar-refractivity contribution < 1.29 is 14.3 Å². The molecule has 1 rings (SSSR count). The summed E-state index contributed by atoms with van der Waals surface area (Å²) in [5.41, 5.74) is 0. The van der Waals surface area contributed by atoms with Gasteiger partial charge in [-0.25, -0.2) is 0 Å². The molecule has 0 aliphatic carbocycles. The lowest BCUT2D eigenvalue weighted by atomic mass is 10.4. The lowest BCUT2D eigenvalue weighted by molar-refractivity contribution is -0.142. The summed E-state index contributed by atoms with van der Waals surface area (Å²) >= 11 is 13.1. The van der Waals surface area contributed by atoms with Crippen molar-refractivity contribution in [3.8, 4) is 0 Å². The van der Waals surface area contributed by atoms with E-state index in [4.69, 9.17) is 27.9 Å². The van der Waals surface area contributed by atoms with Crippen molar-refractivity contribution in [2.24, 2.45) is 0 Å². The third-order valence-electron chi connectivity index (χ3n) is 2.21. The first-order chi connectivity index (χ1) is 9.52. The Morgan fingerprint density at radius 1 is 1.35 bits per heavy atom. The summed E-state index contributed by atoms with van der Waals surface area (Å²) in [5.74, 6) is -0.281. The van der Waals surface area contributed by atoms with E-state index in [1.54, 1.807) is 25.1 Å². The van der Waals surface area contributed by atoms with Crippen LogP contribution in [0.1, 0.15) is 13.3 Å². The Labute approximate surface area is 132 Å². The number of carbonyl (C=O) groups is 2. The molecule has 7 heteroatoms. The lowest BCUT2D eigenvalue weighted by Crippen LogP contribution is -2.28. The number of hydrogen-bond donors (Lipinski definition) is 1. The highest BCUT2D eigenvalue weighted by molar-refractivity contribution is 8.00. The van der Waals surface area contributed by atoms with Crippen LogP contribution in [0.2, 0.25) is 10.0 Å². The number of halogens is 2. The quantitative estimate of drug-likeness (QED) is 0.614. The molecule has 0 aromatic heterocycles. The Kier molecular flexibility index (Phi) is 7.80. The molecular formula is C13H15Cl2NO3S. The molecule has 0 saturated heterocycles. The van der Waals surface area contributed by atoms with E-state index in [-0.39, 0.29) is 30.6 Å². The van der Waals surface area contributed by atoms with Crippen LogP contribution in [-0.4, -0.2) is 30.8 Å². The molecule has 1 aromatic carbocycles. The summed E-state index contributed by atoms with van der Waals surface area (Å²) in [4.78, 5) is 23.4. The summed E-state index contributed by atoms with van der Waals surface area (Å²) in [5, 5.41) is 3.76. The summed E-state index contributed by atoms with van der Waals surface area (Å²) in [6.07, 6.45) is 0.169. The predicted octanol–water partition coefficient (Wildman–Crippen LogP) is 3.15. The van der Waals surface area contributed by atoms with E-state index >= 15 is 0 Å². The van der Waals surface area contributed by atoms with Crippen LogP contribution in [0.4, 0.5) is 0 Å². The zero-order chi connectivity index (χ0) is 15.0. The third-order valence-corrected chi connectivity index (χ3v) is 3.94. The Morgan fingerprint density at radius 3 is 2.80 bits per heavy atom. The summed E-state index contributed by atoms with van der Waals surface area (Å²) in [7, 11) is 0. The minimum Gasteiger partial charge on any atom is -0.466 e. The molecule has 1 N–H and O–H groups in total. The summed E-state index contributed by atoms with van der Waals surface area (Å²) in [6.45, 7) is 2.35. The fraction of sp³-hybridized carbons (Fsp3) is 0.385. The van der Waals surface area contributed by atoms with Crippen molar-refractivity contribution in [2.75, 3.05) is 18.9 Å². The number of hydrogen-bond acceptors (Lipinski definition) is 4. The smallest absolute Gasteiger partial charge is 0.307 e. The first kappa shape index (κ1) is 17.1. The molecule has 0 aliphatic rings. The number of thioether (sulfide) groups is 1. The van der Waals surface area contributed by atoms with E-state index in [0.717, 1.165) is 4.90 Å². The molecule has 0 radical (unpaired) electrons. The predicted molar refractivity (Wildman–Crippen MR) is 81.4 cm³/mol. The molecule has 1 aromatic rings. The number of benzene rings is 1. The third kappa shape index (κ3) is 6.50. The Hall–Kier alpha value is -0.910. The van der Waals surface area contributed by atoms with E-state index in [2.05, 4.69) is 5.32 Å². The molecular weight excluding hydrogens is 321 g/mol.